The molecule has 0 N–H and O–H groups in total. The molecule has 1 nitrogen and oxygen atoms in total. The molecule has 0 unspecified atom stereocenters. The van der Waals surface area contributed by atoms with Crippen LogP contribution in [-0.2, 0) is 5.88 Å². The predicted molar refractivity (Wildman–Crippen MR) is 68.0 cm³/mol. The van der Waals surface area contributed by atoms with E-state index in [1.165, 1.54) is 38.2 Å². The van der Waals surface area contributed by atoms with E-state index in [9.17, 15) is 4.39 Å². The molecule has 94 valence electrons. The third kappa shape index (κ3) is 3.35. The van der Waals surface area contributed by atoms with Crippen LogP contribution in [0, 0.1) is 11.7 Å². The minimum atomic E-state index is -0.307. The molecular formula is C14H18ClFO. The van der Waals surface area contributed by atoms with Crippen molar-refractivity contribution in [1.29, 1.82) is 0 Å². The molecule has 2 rings (SSSR count). The van der Waals surface area contributed by atoms with Crippen LogP contribution in [0.4, 0.5) is 4.39 Å². The molecule has 0 bridgehead atoms. The van der Waals surface area contributed by atoms with E-state index in [1.54, 1.807) is 6.07 Å². The van der Waals surface area contributed by atoms with Gasteiger partial charge in [-0.3, -0.25) is 0 Å². The number of para-hydroxylation sites is 1. The standard InChI is InChI=1S/C14H18ClFO/c15-9-12-7-4-8-13(16)14(12)17-10-11-5-2-1-3-6-11/h4,7-8,11H,1-3,5-6,9-10H2. The molecule has 1 aromatic rings. The molecule has 1 aliphatic carbocycles. The van der Waals surface area contributed by atoms with E-state index in [4.69, 9.17) is 16.3 Å². The highest BCUT2D eigenvalue weighted by Gasteiger charge is 2.16. The van der Waals surface area contributed by atoms with E-state index < -0.39 is 0 Å². The van der Waals surface area contributed by atoms with E-state index in [0.717, 1.165) is 5.56 Å². The zero-order chi connectivity index (χ0) is 12.1. The van der Waals surface area contributed by atoms with Crippen molar-refractivity contribution in [3.05, 3.63) is 29.6 Å². The average Bonchev–Trinajstić information content (AvgIpc) is 2.38. The van der Waals surface area contributed by atoms with Crippen LogP contribution in [0.3, 0.4) is 0 Å². The van der Waals surface area contributed by atoms with Gasteiger partial charge in [-0.1, -0.05) is 31.4 Å². The highest BCUT2D eigenvalue weighted by Crippen LogP contribution is 2.28. The Labute approximate surface area is 107 Å². The smallest absolute Gasteiger partial charge is 0.165 e. The van der Waals surface area contributed by atoms with Crippen molar-refractivity contribution in [3.8, 4) is 5.75 Å². The maximum absolute atomic E-state index is 13.6. The second kappa shape index (κ2) is 6.25. The summed E-state index contributed by atoms with van der Waals surface area (Å²) < 4.78 is 19.2. The fraction of sp³-hybridized carbons (Fsp3) is 0.571. The second-order valence-corrected chi connectivity index (χ2v) is 4.94. The number of hydrogen-bond donors (Lipinski definition) is 0. The van der Waals surface area contributed by atoms with Crippen molar-refractivity contribution in [2.75, 3.05) is 6.61 Å². The Morgan fingerprint density at radius 3 is 2.71 bits per heavy atom. The van der Waals surface area contributed by atoms with Crippen molar-refractivity contribution >= 4 is 11.6 Å². The minimum Gasteiger partial charge on any atom is -0.490 e. The van der Waals surface area contributed by atoms with E-state index in [-0.39, 0.29) is 11.7 Å². The van der Waals surface area contributed by atoms with Gasteiger partial charge in [0, 0.05) is 5.56 Å². The monoisotopic (exact) mass is 256 g/mol. The lowest BCUT2D eigenvalue weighted by molar-refractivity contribution is 0.201. The summed E-state index contributed by atoms with van der Waals surface area (Å²) in [5.74, 6) is 0.899. The molecule has 0 amide bonds. The van der Waals surface area contributed by atoms with E-state index in [0.29, 0.717) is 18.3 Å². The van der Waals surface area contributed by atoms with Crippen LogP contribution in [0.5, 0.6) is 5.75 Å². The Hall–Kier alpha value is -0.760. The first kappa shape index (κ1) is 12.7. The maximum atomic E-state index is 13.6. The summed E-state index contributed by atoms with van der Waals surface area (Å²) in [5, 5.41) is 0. The summed E-state index contributed by atoms with van der Waals surface area (Å²) in [5.41, 5.74) is 0.738. The van der Waals surface area contributed by atoms with Gasteiger partial charge in [0.25, 0.3) is 0 Å². The van der Waals surface area contributed by atoms with Crippen LogP contribution >= 0.6 is 11.6 Å². The molecule has 0 aliphatic heterocycles. The third-order valence-corrected chi connectivity index (χ3v) is 3.67. The van der Waals surface area contributed by atoms with Crippen LogP contribution in [0.2, 0.25) is 0 Å². The topological polar surface area (TPSA) is 9.23 Å². The van der Waals surface area contributed by atoms with Crippen LogP contribution in [0.1, 0.15) is 37.7 Å². The molecule has 1 aromatic carbocycles. The molecule has 0 heterocycles. The predicted octanol–water partition coefficient (Wildman–Crippen LogP) is 4.52. The quantitative estimate of drug-likeness (QED) is 0.720. The molecule has 17 heavy (non-hydrogen) atoms. The first-order valence-electron chi connectivity index (χ1n) is 6.27. The Balaban J connectivity index is 1.97. The van der Waals surface area contributed by atoms with Gasteiger partial charge in [-0.25, -0.2) is 4.39 Å². The lowest BCUT2D eigenvalue weighted by atomic mass is 9.90. The van der Waals surface area contributed by atoms with Crippen molar-refractivity contribution in [2.45, 2.75) is 38.0 Å². The van der Waals surface area contributed by atoms with Gasteiger partial charge in [0.15, 0.2) is 11.6 Å². The molecule has 1 saturated carbocycles. The van der Waals surface area contributed by atoms with Gasteiger partial charge in [0.2, 0.25) is 0 Å². The maximum Gasteiger partial charge on any atom is 0.165 e. The van der Waals surface area contributed by atoms with Gasteiger partial charge < -0.3 is 4.74 Å². The molecule has 1 aliphatic rings. The minimum absolute atomic E-state index is 0.289. The van der Waals surface area contributed by atoms with Crippen LogP contribution < -0.4 is 4.74 Å². The van der Waals surface area contributed by atoms with Crippen LogP contribution in [-0.4, -0.2) is 6.61 Å². The largest absolute Gasteiger partial charge is 0.490 e. The Morgan fingerprint density at radius 1 is 1.24 bits per heavy atom. The highest BCUT2D eigenvalue weighted by atomic mass is 35.5. The first-order chi connectivity index (χ1) is 8.31. The summed E-state index contributed by atoms with van der Waals surface area (Å²) in [6, 6.07) is 4.90. The number of hydrogen-bond acceptors (Lipinski definition) is 1. The molecule has 0 saturated heterocycles. The van der Waals surface area contributed by atoms with Crippen molar-refractivity contribution in [2.24, 2.45) is 5.92 Å². The number of halogens is 2. The van der Waals surface area contributed by atoms with Gasteiger partial charge in [-0.05, 0) is 24.8 Å². The number of alkyl halides is 1. The summed E-state index contributed by atoms with van der Waals surface area (Å²) in [7, 11) is 0. The fourth-order valence-electron chi connectivity index (χ4n) is 2.38. The Bertz CT molecular complexity index is 361. The van der Waals surface area contributed by atoms with Gasteiger partial charge in [-0.2, -0.15) is 0 Å². The summed E-state index contributed by atoms with van der Waals surface area (Å²) >= 11 is 5.78. The van der Waals surface area contributed by atoms with Gasteiger partial charge in [0.1, 0.15) is 0 Å². The van der Waals surface area contributed by atoms with E-state index >= 15 is 0 Å². The number of rotatable bonds is 4. The van der Waals surface area contributed by atoms with Gasteiger partial charge >= 0.3 is 0 Å². The summed E-state index contributed by atoms with van der Waals surface area (Å²) in [6.45, 7) is 0.616. The molecule has 0 radical (unpaired) electrons. The molecule has 3 heteroatoms. The first-order valence-corrected chi connectivity index (χ1v) is 6.81. The third-order valence-electron chi connectivity index (χ3n) is 3.38. The summed E-state index contributed by atoms with van der Waals surface area (Å²) in [4.78, 5) is 0. The molecule has 0 atom stereocenters. The van der Waals surface area contributed by atoms with Crippen LogP contribution in [0.15, 0.2) is 18.2 Å². The molecule has 0 spiro atoms. The lowest BCUT2D eigenvalue weighted by Crippen LogP contribution is -2.16. The normalized spacial score (nSPS) is 17.1. The Morgan fingerprint density at radius 2 is 2.00 bits per heavy atom. The van der Waals surface area contributed by atoms with Gasteiger partial charge in [-0.15, -0.1) is 11.6 Å². The van der Waals surface area contributed by atoms with Crippen molar-refractivity contribution < 1.29 is 9.13 Å². The number of ether oxygens (including phenoxy) is 1. The Kier molecular flexibility index (Phi) is 4.66. The van der Waals surface area contributed by atoms with E-state index in [1.807, 2.05) is 6.07 Å². The zero-order valence-electron chi connectivity index (χ0n) is 9.92. The lowest BCUT2D eigenvalue weighted by Gasteiger charge is -2.22. The van der Waals surface area contributed by atoms with Gasteiger partial charge in [0.05, 0.1) is 12.5 Å². The SMILES string of the molecule is Fc1cccc(CCl)c1OCC1CCCCC1. The van der Waals surface area contributed by atoms with Crippen molar-refractivity contribution in [3.63, 3.8) is 0 Å². The second-order valence-electron chi connectivity index (χ2n) is 4.68. The fourth-order valence-corrected chi connectivity index (χ4v) is 2.59. The van der Waals surface area contributed by atoms with E-state index in [2.05, 4.69) is 0 Å². The zero-order valence-corrected chi connectivity index (χ0v) is 10.7. The van der Waals surface area contributed by atoms with Crippen LogP contribution in [0.25, 0.3) is 0 Å². The molecular weight excluding hydrogens is 239 g/mol. The average molecular weight is 257 g/mol. The summed E-state index contributed by atoms with van der Waals surface area (Å²) in [6.07, 6.45) is 6.26. The highest BCUT2D eigenvalue weighted by molar-refractivity contribution is 6.17. The number of benzene rings is 1. The molecule has 0 aromatic heterocycles. The van der Waals surface area contributed by atoms with Crippen molar-refractivity contribution in [1.82, 2.24) is 0 Å². The molecule has 1 fully saturated rings.